The van der Waals surface area contributed by atoms with Gasteiger partial charge in [0.25, 0.3) is 0 Å². The molecule has 0 aliphatic carbocycles. The van der Waals surface area contributed by atoms with Gasteiger partial charge in [-0.15, -0.1) is 0 Å². The van der Waals surface area contributed by atoms with Crippen LogP contribution in [0.4, 0.5) is 5.69 Å². The van der Waals surface area contributed by atoms with Crippen molar-refractivity contribution in [1.82, 2.24) is 0 Å². The first-order valence-corrected chi connectivity index (χ1v) is 5.31. The predicted octanol–water partition coefficient (Wildman–Crippen LogP) is 2.18. The van der Waals surface area contributed by atoms with E-state index in [1.165, 1.54) is 6.42 Å². The summed E-state index contributed by atoms with van der Waals surface area (Å²) in [6, 6.07) is 5.63. The van der Waals surface area contributed by atoms with Crippen molar-refractivity contribution in [2.24, 2.45) is 5.73 Å². The average molecular weight is 227 g/mol. The third-order valence-electron chi connectivity index (χ3n) is 2.42. The second-order valence-electron chi connectivity index (χ2n) is 3.37. The Labute approximate surface area is 93.6 Å². The Kier molecular flexibility index (Phi) is 2.61. The van der Waals surface area contributed by atoms with Crippen LogP contribution < -0.4 is 10.6 Å². The van der Waals surface area contributed by atoms with Crippen molar-refractivity contribution in [1.29, 1.82) is 0 Å². The molecule has 1 heterocycles. The van der Waals surface area contributed by atoms with Gasteiger partial charge in [0.1, 0.15) is 4.99 Å². The lowest BCUT2D eigenvalue weighted by Crippen LogP contribution is -2.38. The highest BCUT2D eigenvalue weighted by molar-refractivity contribution is 7.80. The number of rotatable bonds is 2. The molecule has 0 atom stereocenters. The van der Waals surface area contributed by atoms with Crippen molar-refractivity contribution in [3.63, 3.8) is 0 Å². The molecule has 0 aromatic heterocycles. The maximum Gasteiger partial charge on any atom is 0.106 e. The van der Waals surface area contributed by atoms with Crippen molar-refractivity contribution in [3.05, 3.63) is 28.8 Å². The number of nitrogens with zero attached hydrogens (tertiary/aromatic N) is 1. The Morgan fingerprint density at radius 1 is 1.43 bits per heavy atom. The lowest BCUT2D eigenvalue weighted by Gasteiger charge is -2.34. The summed E-state index contributed by atoms with van der Waals surface area (Å²) in [5.74, 6) is 0. The van der Waals surface area contributed by atoms with E-state index in [0.29, 0.717) is 4.99 Å². The first-order chi connectivity index (χ1) is 6.68. The first-order valence-electron chi connectivity index (χ1n) is 4.53. The molecule has 1 aliphatic heterocycles. The zero-order chi connectivity index (χ0) is 10.1. The number of halogens is 1. The number of nitrogens with two attached hydrogens (primary N) is 1. The minimum atomic E-state index is 0.434. The Morgan fingerprint density at radius 3 is 2.64 bits per heavy atom. The molecule has 2 N–H and O–H groups in total. The predicted molar refractivity (Wildman–Crippen MR) is 64.2 cm³/mol. The van der Waals surface area contributed by atoms with E-state index in [4.69, 9.17) is 29.6 Å². The summed E-state index contributed by atoms with van der Waals surface area (Å²) >= 11 is 10.9. The van der Waals surface area contributed by atoms with E-state index in [1.807, 2.05) is 18.2 Å². The molecule has 1 fully saturated rings. The van der Waals surface area contributed by atoms with Crippen LogP contribution in [0.5, 0.6) is 0 Å². The molecule has 1 aromatic carbocycles. The quantitative estimate of drug-likeness (QED) is 0.784. The smallest absolute Gasteiger partial charge is 0.106 e. The summed E-state index contributed by atoms with van der Waals surface area (Å²) in [5, 5.41) is 0.729. The summed E-state index contributed by atoms with van der Waals surface area (Å²) in [6.45, 7) is 2.13. The molecule has 1 aliphatic rings. The monoisotopic (exact) mass is 226 g/mol. The van der Waals surface area contributed by atoms with Gasteiger partial charge in [-0.05, 0) is 24.6 Å². The van der Waals surface area contributed by atoms with E-state index in [1.54, 1.807) is 0 Å². The Hall–Kier alpha value is -0.800. The second kappa shape index (κ2) is 3.75. The largest absolute Gasteiger partial charge is 0.389 e. The summed E-state index contributed by atoms with van der Waals surface area (Å²) in [7, 11) is 0. The topological polar surface area (TPSA) is 29.3 Å². The van der Waals surface area contributed by atoms with Gasteiger partial charge >= 0.3 is 0 Å². The van der Waals surface area contributed by atoms with Gasteiger partial charge in [0.05, 0.1) is 0 Å². The maximum atomic E-state index is 5.94. The van der Waals surface area contributed by atoms with Crippen LogP contribution in [0.1, 0.15) is 12.0 Å². The maximum absolute atomic E-state index is 5.94. The zero-order valence-electron chi connectivity index (χ0n) is 7.66. The Morgan fingerprint density at radius 2 is 2.14 bits per heavy atom. The molecule has 1 saturated heterocycles. The third kappa shape index (κ3) is 1.70. The van der Waals surface area contributed by atoms with Crippen molar-refractivity contribution in [3.8, 4) is 0 Å². The molecule has 0 radical (unpaired) electrons. The van der Waals surface area contributed by atoms with Crippen LogP contribution >= 0.6 is 23.8 Å². The summed E-state index contributed by atoms with van der Waals surface area (Å²) < 4.78 is 0. The number of hydrogen-bond donors (Lipinski definition) is 1. The van der Waals surface area contributed by atoms with Crippen LogP contribution in [0.2, 0.25) is 5.02 Å². The fourth-order valence-corrected chi connectivity index (χ4v) is 1.87. The normalized spacial score (nSPS) is 15.1. The molecule has 0 bridgehead atoms. The fraction of sp³-hybridized carbons (Fsp3) is 0.300. The molecule has 1 aromatic rings. The van der Waals surface area contributed by atoms with Crippen LogP contribution in [0.25, 0.3) is 0 Å². The van der Waals surface area contributed by atoms with E-state index in [0.717, 1.165) is 29.4 Å². The molecule has 14 heavy (non-hydrogen) atoms. The molecule has 74 valence electrons. The molecule has 0 spiro atoms. The van der Waals surface area contributed by atoms with E-state index >= 15 is 0 Å². The standard InChI is InChI=1S/C10H11ClN2S/c11-7-2-3-8(10(12)14)9(6-7)13-4-1-5-13/h2-3,6H,1,4-5H2,(H2,12,14). The molecular weight excluding hydrogens is 216 g/mol. The van der Waals surface area contributed by atoms with Gasteiger partial charge in [-0.25, -0.2) is 0 Å². The third-order valence-corrected chi connectivity index (χ3v) is 2.88. The number of anilines is 1. The summed E-state index contributed by atoms with van der Waals surface area (Å²) in [4.78, 5) is 2.67. The van der Waals surface area contributed by atoms with Crippen molar-refractivity contribution >= 4 is 34.5 Å². The second-order valence-corrected chi connectivity index (χ2v) is 4.24. The first kappa shape index (κ1) is 9.74. The van der Waals surface area contributed by atoms with Crippen LogP contribution in [0.3, 0.4) is 0 Å². The number of benzene rings is 1. The minimum Gasteiger partial charge on any atom is -0.389 e. The summed E-state index contributed by atoms with van der Waals surface area (Å²) in [5.41, 5.74) is 7.63. The van der Waals surface area contributed by atoms with Crippen LogP contribution in [0.15, 0.2) is 18.2 Å². The lowest BCUT2D eigenvalue weighted by molar-refractivity contribution is 0.617. The lowest BCUT2D eigenvalue weighted by atomic mass is 10.1. The number of thiocarbonyl (C=S) groups is 1. The van der Waals surface area contributed by atoms with Crippen LogP contribution in [-0.2, 0) is 0 Å². The molecule has 2 nitrogen and oxygen atoms in total. The van der Waals surface area contributed by atoms with E-state index < -0.39 is 0 Å². The summed E-state index contributed by atoms with van der Waals surface area (Å²) in [6.07, 6.45) is 1.23. The van der Waals surface area contributed by atoms with Crippen molar-refractivity contribution in [2.45, 2.75) is 6.42 Å². The molecular formula is C10H11ClN2S. The average Bonchev–Trinajstić information content (AvgIpc) is 2.00. The van der Waals surface area contributed by atoms with E-state index in [9.17, 15) is 0 Å². The van der Waals surface area contributed by atoms with Gasteiger partial charge in [-0.1, -0.05) is 23.8 Å². The van der Waals surface area contributed by atoms with Crippen molar-refractivity contribution < 1.29 is 0 Å². The van der Waals surface area contributed by atoms with Crippen LogP contribution in [0, 0.1) is 0 Å². The SMILES string of the molecule is NC(=S)c1ccc(Cl)cc1N1CCC1. The number of hydrogen-bond acceptors (Lipinski definition) is 2. The minimum absolute atomic E-state index is 0.434. The fourth-order valence-electron chi connectivity index (χ4n) is 1.53. The zero-order valence-corrected chi connectivity index (χ0v) is 9.24. The molecule has 0 saturated carbocycles. The Balaban J connectivity index is 2.42. The van der Waals surface area contributed by atoms with E-state index in [2.05, 4.69) is 4.90 Å². The van der Waals surface area contributed by atoms with E-state index in [-0.39, 0.29) is 0 Å². The van der Waals surface area contributed by atoms with Crippen molar-refractivity contribution in [2.75, 3.05) is 18.0 Å². The van der Waals surface area contributed by atoms with Gasteiger partial charge in [0.2, 0.25) is 0 Å². The van der Waals surface area contributed by atoms with Gasteiger partial charge in [-0.2, -0.15) is 0 Å². The molecule has 0 amide bonds. The molecule has 0 unspecified atom stereocenters. The van der Waals surface area contributed by atoms with Gasteiger partial charge < -0.3 is 10.6 Å². The molecule has 4 heteroatoms. The Bertz CT molecular complexity index is 374. The van der Waals surface area contributed by atoms with Gasteiger partial charge in [0.15, 0.2) is 0 Å². The highest BCUT2D eigenvalue weighted by Gasteiger charge is 2.18. The highest BCUT2D eigenvalue weighted by Crippen LogP contribution is 2.28. The van der Waals surface area contributed by atoms with Gasteiger partial charge in [0, 0.05) is 29.4 Å². The van der Waals surface area contributed by atoms with Gasteiger partial charge in [-0.3, -0.25) is 0 Å². The van der Waals surface area contributed by atoms with Crippen LogP contribution in [-0.4, -0.2) is 18.1 Å². The highest BCUT2D eigenvalue weighted by atomic mass is 35.5. The molecule has 2 rings (SSSR count).